The van der Waals surface area contributed by atoms with Crippen LogP contribution in [0.4, 0.5) is 0 Å². The fourth-order valence-electron chi connectivity index (χ4n) is 1.84. The van der Waals surface area contributed by atoms with E-state index in [1.807, 2.05) is 4.90 Å². The second kappa shape index (κ2) is 4.61. The normalized spacial score (nSPS) is 25.8. The van der Waals surface area contributed by atoms with E-state index in [1.165, 1.54) is 6.42 Å². The molecule has 0 spiro atoms. The number of nitrogens with zero attached hydrogens (tertiary/aromatic N) is 1. The highest BCUT2D eigenvalue weighted by Gasteiger charge is 2.23. The van der Waals surface area contributed by atoms with Crippen molar-refractivity contribution in [3.63, 3.8) is 0 Å². The number of hydrogen-bond donors (Lipinski definition) is 1. The monoisotopic (exact) mass is 185 g/mol. The van der Waals surface area contributed by atoms with E-state index in [4.69, 9.17) is 5.11 Å². The molecule has 0 aromatic carbocycles. The number of carbonyl (C=O) groups excluding carboxylic acids is 1. The predicted molar refractivity (Wildman–Crippen MR) is 51.3 cm³/mol. The van der Waals surface area contributed by atoms with Crippen LogP contribution in [0.3, 0.4) is 0 Å². The lowest BCUT2D eigenvalue weighted by molar-refractivity contribution is -0.136. The van der Waals surface area contributed by atoms with Crippen LogP contribution in [0, 0.1) is 0 Å². The predicted octanol–water partition coefficient (Wildman–Crippen LogP) is 1.16. The topological polar surface area (TPSA) is 40.5 Å². The maximum Gasteiger partial charge on any atom is 0.225 e. The van der Waals surface area contributed by atoms with Gasteiger partial charge >= 0.3 is 0 Å². The van der Waals surface area contributed by atoms with Gasteiger partial charge in [-0.05, 0) is 33.1 Å². The highest BCUT2D eigenvalue weighted by Crippen LogP contribution is 2.17. The van der Waals surface area contributed by atoms with Gasteiger partial charge < -0.3 is 10.0 Å². The molecule has 76 valence electrons. The zero-order valence-electron chi connectivity index (χ0n) is 8.49. The Morgan fingerprint density at radius 1 is 1.62 bits per heavy atom. The van der Waals surface area contributed by atoms with E-state index in [2.05, 4.69) is 6.92 Å². The van der Waals surface area contributed by atoms with Gasteiger partial charge in [-0.25, -0.2) is 0 Å². The van der Waals surface area contributed by atoms with Crippen molar-refractivity contribution in [2.75, 3.05) is 6.54 Å². The molecule has 0 bridgehead atoms. The Hall–Kier alpha value is -0.570. The minimum Gasteiger partial charge on any atom is -0.393 e. The summed E-state index contributed by atoms with van der Waals surface area (Å²) in [6.07, 6.45) is 3.19. The first-order valence-corrected chi connectivity index (χ1v) is 5.09. The molecule has 3 nitrogen and oxygen atoms in total. The standard InChI is InChI=1S/C10H19NO2/c1-8-5-3-4-6-11(8)10(13)7-9(2)12/h8-9,12H,3-7H2,1-2H3/t8-,9+/m1/s1. The Balaban J connectivity index is 2.44. The number of aliphatic hydroxyl groups is 1. The Labute approximate surface area is 79.7 Å². The zero-order chi connectivity index (χ0) is 9.84. The van der Waals surface area contributed by atoms with E-state index >= 15 is 0 Å². The Bertz CT molecular complexity index is 180. The third kappa shape index (κ3) is 2.99. The van der Waals surface area contributed by atoms with Gasteiger partial charge in [0.05, 0.1) is 12.5 Å². The van der Waals surface area contributed by atoms with E-state index in [0.717, 1.165) is 19.4 Å². The molecule has 1 heterocycles. The minimum absolute atomic E-state index is 0.0993. The molecule has 1 N–H and O–H groups in total. The van der Waals surface area contributed by atoms with Gasteiger partial charge in [-0.1, -0.05) is 0 Å². The van der Waals surface area contributed by atoms with Crippen molar-refractivity contribution in [3.05, 3.63) is 0 Å². The van der Waals surface area contributed by atoms with Gasteiger partial charge in [-0.15, -0.1) is 0 Å². The van der Waals surface area contributed by atoms with Crippen molar-refractivity contribution in [1.29, 1.82) is 0 Å². The third-order valence-corrected chi connectivity index (χ3v) is 2.59. The molecule has 0 unspecified atom stereocenters. The molecule has 13 heavy (non-hydrogen) atoms. The molecule has 0 saturated carbocycles. The maximum absolute atomic E-state index is 11.6. The number of likely N-dealkylation sites (tertiary alicyclic amines) is 1. The number of aliphatic hydroxyl groups excluding tert-OH is 1. The van der Waals surface area contributed by atoms with Crippen LogP contribution in [0.2, 0.25) is 0 Å². The first-order valence-electron chi connectivity index (χ1n) is 5.09. The molecular weight excluding hydrogens is 166 g/mol. The van der Waals surface area contributed by atoms with Crippen molar-refractivity contribution < 1.29 is 9.90 Å². The van der Waals surface area contributed by atoms with Crippen molar-refractivity contribution in [2.45, 2.75) is 51.7 Å². The Kier molecular flexibility index (Phi) is 3.72. The molecule has 0 radical (unpaired) electrons. The lowest BCUT2D eigenvalue weighted by atomic mass is 10.0. The second-order valence-electron chi connectivity index (χ2n) is 3.99. The summed E-state index contributed by atoms with van der Waals surface area (Å²) in [5.41, 5.74) is 0. The SMILES string of the molecule is C[C@H](O)CC(=O)N1CCCC[C@H]1C. The van der Waals surface area contributed by atoms with Gasteiger partial charge in [-0.3, -0.25) is 4.79 Å². The molecule has 1 aliphatic heterocycles. The summed E-state index contributed by atoms with van der Waals surface area (Å²) in [6.45, 7) is 4.61. The summed E-state index contributed by atoms with van der Waals surface area (Å²) < 4.78 is 0. The van der Waals surface area contributed by atoms with Crippen LogP contribution in [0.25, 0.3) is 0 Å². The number of rotatable bonds is 2. The quantitative estimate of drug-likeness (QED) is 0.701. The summed E-state index contributed by atoms with van der Waals surface area (Å²) in [6, 6.07) is 0.361. The molecule has 0 aromatic heterocycles. The number of carbonyl (C=O) groups is 1. The van der Waals surface area contributed by atoms with Crippen LogP contribution >= 0.6 is 0 Å². The maximum atomic E-state index is 11.6. The minimum atomic E-state index is -0.512. The third-order valence-electron chi connectivity index (χ3n) is 2.59. The Morgan fingerprint density at radius 2 is 2.31 bits per heavy atom. The van der Waals surface area contributed by atoms with Crippen LogP contribution in [0.15, 0.2) is 0 Å². The van der Waals surface area contributed by atoms with Gasteiger partial charge in [0.25, 0.3) is 0 Å². The van der Waals surface area contributed by atoms with Crippen molar-refractivity contribution in [3.8, 4) is 0 Å². The Morgan fingerprint density at radius 3 is 2.85 bits per heavy atom. The zero-order valence-corrected chi connectivity index (χ0v) is 8.49. The van der Waals surface area contributed by atoms with E-state index in [9.17, 15) is 4.79 Å². The van der Waals surface area contributed by atoms with Crippen molar-refractivity contribution in [1.82, 2.24) is 4.90 Å². The average Bonchev–Trinajstić information content (AvgIpc) is 2.03. The van der Waals surface area contributed by atoms with Gasteiger partial charge in [0, 0.05) is 12.6 Å². The van der Waals surface area contributed by atoms with Crippen LogP contribution in [-0.4, -0.2) is 34.6 Å². The molecular formula is C10H19NO2. The molecule has 1 rings (SSSR count). The lowest BCUT2D eigenvalue weighted by Gasteiger charge is -2.33. The average molecular weight is 185 g/mol. The number of piperidine rings is 1. The largest absolute Gasteiger partial charge is 0.393 e. The fraction of sp³-hybridized carbons (Fsp3) is 0.900. The summed E-state index contributed by atoms with van der Waals surface area (Å²) in [5, 5.41) is 9.09. The van der Waals surface area contributed by atoms with E-state index in [0.29, 0.717) is 6.04 Å². The highest BCUT2D eigenvalue weighted by atomic mass is 16.3. The van der Waals surface area contributed by atoms with Gasteiger partial charge in [0.1, 0.15) is 0 Å². The van der Waals surface area contributed by atoms with Crippen LogP contribution in [0.1, 0.15) is 39.5 Å². The first kappa shape index (κ1) is 10.5. The van der Waals surface area contributed by atoms with Gasteiger partial charge in [0.15, 0.2) is 0 Å². The molecule has 1 aliphatic rings. The fourth-order valence-corrected chi connectivity index (χ4v) is 1.84. The number of amides is 1. The highest BCUT2D eigenvalue weighted by molar-refractivity contribution is 5.77. The first-order chi connectivity index (χ1) is 6.11. The summed E-state index contributed by atoms with van der Waals surface area (Å²) in [7, 11) is 0. The molecule has 3 heteroatoms. The molecule has 0 aliphatic carbocycles. The van der Waals surface area contributed by atoms with Gasteiger partial charge in [-0.2, -0.15) is 0 Å². The lowest BCUT2D eigenvalue weighted by Crippen LogP contribution is -2.42. The molecule has 2 atom stereocenters. The molecule has 1 amide bonds. The van der Waals surface area contributed by atoms with Crippen LogP contribution in [-0.2, 0) is 4.79 Å². The van der Waals surface area contributed by atoms with Gasteiger partial charge in [0.2, 0.25) is 5.91 Å². The van der Waals surface area contributed by atoms with Crippen molar-refractivity contribution in [2.24, 2.45) is 0 Å². The summed E-state index contributed by atoms with van der Waals surface area (Å²) in [4.78, 5) is 13.5. The van der Waals surface area contributed by atoms with E-state index in [-0.39, 0.29) is 12.3 Å². The number of hydrogen-bond acceptors (Lipinski definition) is 2. The molecule has 0 aromatic rings. The van der Waals surface area contributed by atoms with Crippen molar-refractivity contribution >= 4 is 5.91 Å². The van der Waals surface area contributed by atoms with E-state index < -0.39 is 6.10 Å². The van der Waals surface area contributed by atoms with Crippen LogP contribution < -0.4 is 0 Å². The second-order valence-corrected chi connectivity index (χ2v) is 3.99. The summed E-state index contributed by atoms with van der Waals surface area (Å²) in [5.74, 6) is 0.0993. The molecule has 1 saturated heterocycles. The molecule has 1 fully saturated rings. The van der Waals surface area contributed by atoms with E-state index in [1.54, 1.807) is 6.92 Å². The summed E-state index contributed by atoms with van der Waals surface area (Å²) >= 11 is 0. The van der Waals surface area contributed by atoms with Crippen LogP contribution in [0.5, 0.6) is 0 Å². The smallest absolute Gasteiger partial charge is 0.225 e.